The van der Waals surface area contributed by atoms with Crippen molar-refractivity contribution >= 4 is 22.6 Å². The van der Waals surface area contributed by atoms with Gasteiger partial charge in [-0.15, -0.1) is 0 Å². The van der Waals surface area contributed by atoms with Gasteiger partial charge in [-0.05, 0) is 42.7 Å². The maximum atomic E-state index is 12.6. The number of carbonyl (C=O) groups is 1. The van der Waals surface area contributed by atoms with Crippen molar-refractivity contribution in [1.82, 2.24) is 14.5 Å². The van der Waals surface area contributed by atoms with Crippen LogP contribution in [0.3, 0.4) is 0 Å². The molecule has 1 aliphatic rings. The molecule has 2 aromatic heterocycles. The van der Waals surface area contributed by atoms with Crippen LogP contribution in [0.1, 0.15) is 24.8 Å². The lowest BCUT2D eigenvalue weighted by Gasteiger charge is -2.27. The van der Waals surface area contributed by atoms with Gasteiger partial charge < -0.3 is 9.88 Å². The van der Waals surface area contributed by atoms with Crippen LogP contribution < -0.4 is 16.1 Å². The van der Waals surface area contributed by atoms with Gasteiger partial charge in [0.1, 0.15) is 0 Å². The highest BCUT2D eigenvalue weighted by atomic mass is 16.2. The number of aromatic nitrogens is 3. The number of nitrogens with one attached hydrogen (secondary N) is 1. The van der Waals surface area contributed by atoms with Crippen molar-refractivity contribution in [2.45, 2.75) is 25.8 Å². The van der Waals surface area contributed by atoms with Crippen LogP contribution in [0.4, 0.5) is 5.69 Å². The number of rotatable bonds is 3. The second kappa shape index (κ2) is 6.59. The first-order valence-corrected chi connectivity index (χ1v) is 8.60. The Bertz CT molecular complexity index is 1100. The Hall–Kier alpha value is -3.22. The summed E-state index contributed by atoms with van der Waals surface area (Å²) in [7, 11) is 0. The third-order valence-electron chi connectivity index (χ3n) is 4.63. The van der Waals surface area contributed by atoms with Gasteiger partial charge >= 0.3 is 5.69 Å². The van der Waals surface area contributed by atoms with Crippen LogP contribution in [-0.4, -0.2) is 27.0 Å². The molecule has 1 saturated heterocycles. The average molecular weight is 350 g/mol. The van der Waals surface area contributed by atoms with E-state index in [4.69, 9.17) is 0 Å². The van der Waals surface area contributed by atoms with Crippen molar-refractivity contribution in [1.29, 1.82) is 0 Å². The van der Waals surface area contributed by atoms with Gasteiger partial charge in [-0.3, -0.25) is 14.2 Å². The monoisotopic (exact) mass is 350 g/mol. The van der Waals surface area contributed by atoms with Gasteiger partial charge in [0.2, 0.25) is 5.91 Å². The Kier molecular flexibility index (Phi) is 4.12. The van der Waals surface area contributed by atoms with Crippen LogP contribution in [0.25, 0.3) is 11.0 Å². The minimum Gasteiger partial charge on any atom is -0.312 e. The number of H-pyrrole nitrogens is 1. The fourth-order valence-corrected chi connectivity index (χ4v) is 3.31. The molecule has 0 aliphatic carbocycles. The van der Waals surface area contributed by atoms with Crippen LogP contribution in [-0.2, 0) is 11.3 Å². The largest absolute Gasteiger partial charge is 0.329 e. The van der Waals surface area contributed by atoms with Gasteiger partial charge in [0.05, 0.1) is 12.1 Å². The van der Waals surface area contributed by atoms with Crippen molar-refractivity contribution in [3.8, 4) is 0 Å². The summed E-state index contributed by atoms with van der Waals surface area (Å²) in [5.41, 5.74) is 1.33. The van der Waals surface area contributed by atoms with Crippen molar-refractivity contribution in [3.63, 3.8) is 0 Å². The minimum atomic E-state index is -0.477. The second-order valence-electron chi connectivity index (χ2n) is 6.39. The first-order chi connectivity index (χ1) is 12.6. The highest BCUT2D eigenvalue weighted by molar-refractivity contribution is 5.94. The summed E-state index contributed by atoms with van der Waals surface area (Å²) < 4.78 is 1.13. The van der Waals surface area contributed by atoms with E-state index in [1.54, 1.807) is 17.0 Å². The second-order valence-corrected chi connectivity index (χ2v) is 6.39. The maximum absolute atomic E-state index is 12.6. The molecule has 3 aromatic rings. The number of amides is 1. The number of hydrogen-bond acceptors (Lipinski definition) is 4. The molecular weight excluding hydrogens is 332 g/mol. The Morgan fingerprint density at radius 1 is 1.08 bits per heavy atom. The van der Waals surface area contributed by atoms with Crippen molar-refractivity contribution in [3.05, 3.63) is 69.0 Å². The summed E-state index contributed by atoms with van der Waals surface area (Å²) in [6, 6.07) is 10.7. The molecule has 0 spiro atoms. The lowest BCUT2D eigenvalue weighted by Crippen LogP contribution is -2.36. The summed E-state index contributed by atoms with van der Waals surface area (Å²) in [6.45, 7) is 0.819. The molecule has 26 heavy (non-hydrogen) atoms. The lowest BCUT2D eigenvalue weighted by atomic mass is 10.1. The third-order valence-corrected chi connectivity index (χ3v) is 4.63. The topological polar surface area (TPSA) is 88.1 Å². The summed E-state index contributed by atoms with van der Waals surface area (Å²) in [4.78, 5) is 45.6. The van der Waals surface area contributed by atoms with Crippen molar-refractivity contribution in [2.24, 2.45) is 0 Å². The molecule has 0 saturated carbocycles. The van der Waals surface area contributed by atoms with Crippen LogP contribution in [0.2, 0.25) is 0 Å². The molecule has 0 bridgehead atoms. The fourth-order valence-electron chi connectivity index (χ4n) is 3.31. The number of nitrogens with zero attached hydrogens (tertiary/aromatic N) is 3. The van der Waals surface area contributed by atoms with Gasteiger partial charge in [0.15, 0.2) is 5.52 Å². The average Bonchev–Trinajstić information content (AvgIpc) is 2.66. The van der Waals surface area contributed by atoms with E-state index in [1.165, 1.54) is 6.20 Å². The molecule has 4 rings (SSSR count). The Balaban J connectivity index is 1.71. The lowest BCUT2D eigenvalue weighted by molar-refractivity contribution is -0.119. The summed E-state index contributed by atoms with van der Waals surface area (Å²) in [6.07, 6.45) is 3.98. The maximum Gasteiger partial charge on any atom is 0.329 e. The predicted molar refractivity (Wildman–Crippen MR) is 98.4 cm³/mol. The van der Waals surface area contributed by atoms with Gasteiger partial charge in [0.25, 0.3) is 5.56 Å². The van der Waals surface area contributed by atoms with Crippen LogP contribution in [0.15, 0.2) is 52.2 Å². The Labute approximate surface area is 148 Å². The smallest absolute Gasteiger partial charge is 0.312 e. The van der Waals surface area contributed by atoms with E-state index < -0.39 is 11.2 Å². The van der Waals surface area contributed by atoms with Crippen molar-refractivity contribution in [2.75, 3.05) is 11.4 Å². The van der Waals surface area contributed by atoms with E-state index in [-0.39, 0.29) is 18.0 Å². The normalized spacial score (nSPS) is 14.8. The van der Waals surface area contributed by atoms with Crippen molar-refractivity contribution < 1.29 is 4.79 Å². The van der Waals surface area contributed by atoms with E-state index in [0.29, 0.717) is 18.5 Å². The molecule has 1 aliphatic heterocycles. The number of anilines is 1. The zero-order chi connectivity index (χ0) is 18.1. The first kappa shape index (κ1) is 16.3. The van der Waals surface area contributed by atoms with Gasteiger partial charge in [-0.2, -0.15) is 0 Å². The number of benzene rings is 1. The molecule has 132 valence electrons. The molecule has 1 N–H and O–H groups in total. The van der Waals surface area contributed by atoms with E-state index in [9.17, 15) is 14.4 Å². The number of piperidine rings is 1. The molecule has 1 aromatic carbocycles. The van der Waals surface area contributed by atoms with E-state index in [2.05, 4.69) is 9.97 Å². The molecule has 3 heterocycles. The van der Waals surface area contributed by atoms with E-state index >= 15 is 0 Å². The number of pyridine rings is 1. The molecular formula is C19H18N4O3. The molecule has 7 heteroatoms. The number of carbonyl (C=O) groups excluding carboxylic acids is 1. The standard InChI is InChI=1S/C19H18N4O3/c24-16-8-1-2-10-22(16)14-6-3-5-13(11-14)12-23-18(25)17-15(21-19(23)26)7-4-9-20-17/h3-7,9,11H,1-2,8,10,12H2,(H,21,26). The summed E-state index contributed by atoms with van der Waals surface area (Å²) in [5, 5.41) is 0. The molecule has 0 radical (unpaired) electrons. The van der Waals surface area contributed by atoms with E-state index in [1.807, 2.05) is 24.3 Å². The van der Waals surface area contributed by atoms with Crippen LogP contribution in [0, 0.1) is 0 Å². The molecule has 1 amide bonds. The van der Waals surface area contributed by atoms with Gasteiger partial charge in [0, 0.05) is 24.8 Å². The quantitative estimate of drug-likeness (QED) is 0.778. The van der Waals surface area contributed by atoms with E-state index in [0.717, 1.165) is 28.7 Å². The number of aromatic amines is 1. The summed E-state index contributed by atoms with van der Waals surface area (Å²) in [5.74, 6) is 0.110. The van der Waals surface area contributed by atoms with Crippen LogP contribution >= 0.6 is 0 Å². The molecule has 0 unspecified atom stereocenters. The molecule has 1 fully saturated rings. The predicted octanol–water partition coefficient (Wildman–Crippen LogP) is 1.65. The fraction of sp³-hybridized carbons (Fsp3) is 0.263. The Morgan fingerprint density at radius 3 is 2.81 bits per heavy atom. The SMILES string of the molecule is O=C1CCCCN1c1cccc(Cn2c(=O)[nH]c3cccnc3c2=O)c1. The van der Waals surface area contributed by atoms with Crippen LogP contribution in [0.5, 0.6) is 0 Å². The Morgan fingerprint density at radius 2 is 1.96 bits per heavy atom. The number of hydrogen-bond donors (Lipinski definition) is 1. The molecule has 7 nitrogen and oxygen atoms in total. The highest BCUT2D eigenvalue weighted by Gasteiger charge is 2.19. The first-order valence-electron chi connectivity index (χ1n) is 8.60. The van der Waals surface area contributed by atoms with Gasteiger partial charge in [-0.25, -0.2) is 9.78 Å². The van der Waals surface area contributed by atoms with Gasteiger partial charge in [-0.1, -0.05) is 12.1 Å². The zero-order valence-electron chi connectivity index (χ0n) is 14.1. The zero-order valence-corrected chi connectivity index (χ0v) is 14.1. The molecule has 0 atom stereocenters. The third kappa shape index (κ3) is 2.92. The summed E-state index contributed by atoms with van der Waals surface area (Å²) >= 11 is 0. The highest BCUT2D eigenvalue weighted by Crippen LogP contribution is 2.22. The minimum absolute atomic E-state index is 0.110. The number of fused-ring (bicyclic) bond motifs is 1.